The summed E-state index contributed by atoms with van der Waals surface area (Å²) >= 11 is 1.53. The summed E-state index contributed by atoms with van der Waals surface area (Å²) in [4.78, 5) is 6.44. The Hall–Kier alpha value is -2.71. The van der Waals surface area contributed by atoms with Crippen LogP contribution in [0.3, 0.4) is 0 Å². The number of aromatic nitrogens is 3. The molecule has 3 heterocycles. The summed E-state index contributed by atoms with van der Waals surface area (Å²) in [5, 5.41) is 7.73. The van der Waals surface area contributed by atoms with E-state index in [-0.39, 0.29) is 0 Å². The van der Waals surface area contributed by atoms with Gasteiger partial charge in [-0.3, -0.25) is 9.82 Å². The Morgan fingerprint density at radius 3 is 2.63 bits per heavy atom. The highest BCUT2D eigenvalue weighted by Crippen LogP contribution is 2.47. The third-order valence-electron chi connectivity index (χ3n) is 4.15. The third kappa shape index (κ3) is 3.45. The first-order valence-corrected chi connectivity index (χ1v) is 11.0. The summed E-state index contributed by atoms with van der Waals surface area (Å²) in [6.45, 7) is 3.89. The standard InChI is InChI=1S/C19H18N4O2S2/c1-11-5-4-6-13(7-11)16-17-15(23-27(3,24)25)8-12(2)22-19(17)26-18(16)14-9-20-21-10-14/h4-10H,1-3H3,(H,20,21)(H,22,23). The fourth-order valence-electron chi connectivity index (χ4n) is 3.16. The molecule has 4 aromatic rings. The van der Waals surface area contributed by atoms with Crippen LogP contribution in [0.5, 0.6) is 0 Å². The van der Waals surface area contributed by atoms with Crippen molar-refractivity contribution in [3.8, 4) is 21.6 Å². The number of sulfonamides is 1. The molecule has 0 atom stereocenters. The predicted octanol–water partition coefficient (Wildman–Crippen LogP) is 4.34. The van der Waals surface area contributed by atoms with Crippen LogP contribution in [0, 0.1) is 13.8 Å². The smallest absolute Gasteiger partial charge is 0.229 e. The van der Waals surface area contributed by atoms with Gasteiger partial charge in [-0.15, -0.1) is 11.3 Å². The van der Waals surface area contributed by atoms with Crippen LogP contribution in [0.15, 0.2) is 42.7 Å². The number of fused-ring (bicyclic) bond motifs is 1. The molecule has 0 saturated heterocycles. The minimum atomic E-state index is -3.43. The van der Waals surface area contributed by atoms with Gasteiger partial charge in [-0.2, -0.15) is 5.10 Å². The van der Waals surface area contributed by atoms with E-state index in [4.69, 9.17) is 0 Å². The summed E-state index contributed by atoms with van der Waals surface area (Å²) in [5.41, 5.74) is 5.34. The van der Waals surface area contributed by atoms with Gasteiger partial charge in [0.05, 0.1) is 18.1 Å². The normalized spacial score (nSPS) is 11.8. The number of anilines is 1. The SMILES string of the molecule is Cc1cccc(-c2c(-c3cn[nH]c3)sc3nc(C)cc(NS(C)(=O)=O)c23)c1. The Morgan fingerprint density at radius 2 is 1.96 bits per heavy atom. The van der Waals surface area contributed by atoms with E-state index in [0.717, 1.165) is 49.3 Å². The lowest BCUT2D eigenvalue weighted by atomic mass is 9.98. The second-order valence-electron chi connectivity index (χ2n) is 6.53. The summed E-state index contributed by atoms with van der Waals surface area (Å²) in [5.74, 6) is 0. The van der Waals surface area contributed by atoms with Gasteiger partial charge >= 0.3 is 0 Å². The number of hydrogen-bond donors (Lipinski definition) is 2. The first-order valence-electron chi connectivity index (χ1n) is 8.30. The fourth-order valence-corrected chi connectivity index (χ4v) is 4.96. The van der Waals surface area contributed by atoms with Crippen molar-refractivity contribution >= 4 is 37.3 Å². The maximum absolute atomic E-state index is 11.9. The van der Waals surface area contributed by atoms with Crippen molar-refractivity contribution in [1.82, 2.24) is 15.2 Å². The third-order valence-corrected chi connectivity index (χ3v) is 5.88. The molecule has 27 heavy (non-hydrogen) atoms. The lowest BCUT2D eigenvalue weighted by Gasteiger charge is -2.10. The van der Waals surface area contributed by atoms with Crippen LogP contribution in [0.1, 0.15) is 11.3 Å². The average Bonchev–Trinajstić information content (AvgIpc) is 3.20. The summed E-state index contributed by atoms with van der Waals surface area (Å²) < 4.78 is 26.6. The second kappa shape index (κ2) is 6.47. The van der Waals surface area contributed by atoms with Gasteiger partial charge in [0.15, 0.2) is 0 Å². The quantitative estimate of drug-likeness (QED) is 0.535. The number of H-pyrrole nitrogens is 1. The lowest BCUT2D eigenvalue weighted by Crippen LogP contribution is -2.10. The molecular weight excluding hydrogens is 380 g/mol. The molecule has 1 aromatic carbocycles. The number of benzene rings is 1. The van der Waals surface area contributed by atoms with Crippen LogP contribution in [0.25, 0.3) is 31.8 Å². The zero-order valence-corrected chi connectivity index (χ0v) is 16.7. The zero-order valence-electron chi connectivity index (χ0n) is 15.1. The molecule has 0 aliphatic heterocycles. The van der Waals surface area contributed by atoms with E-state index in [9.17, 15) is 8.42 Å². The Morgan fingerprint density at radius 1 is 1.15 bits per heavy atom. The lowest BCUT2D eigenvalue weighted by molar-refractivity contribution is 0.607. The molecule has 0 aliphatic carbocycles. The number of nitrogens with one attached hydrogen (secondary N) is 2. The molecule has 0 unspecified atom stereocenters. The Bertz CT molecular complexity index is 1240. The molecule has 3 aromatic heterocycles. The summed E-state index contributed by atoms with van der Waals surface area (Å²) in [7, 11) is -3.43. The van der Waals surface area contributed by atoms with E-state index in [1.807, 2.05) is 38.2 Å². The molecule has 0 bridgehead atoms. The summed E-state index contributed by atoms with van der Waals surface area (Å²) in [6, 6.07) is 9.93. The van der Waals surface area contributed by atoms with E-state index in [2.05, 4.69) is 26.0 Å². The summed E-state index contributed by atoms with van der Waals surface area (Å²) in [6.07, 6.45) is 4.76. The van der Waals surface area contributed by atoms with Crippen LogP contribution < -0.4 is 4.72 Å². The highest BCUT2D eigenvalue weighted by molar-refractivity contribution is 7.92. The first-order chi connectivity index (χ1) is 12.8. The van der Waals surface area contributed by atoms with Crippen molar-refractivity contribution in [2.75, 3.05) is 11.0 Å². The van der Waals surface area contributed by atoms with E-state index in [0.29, 0.717) is 5.69 Å². The molecule has 0 fully saturated rings. The fraction of sp³-hybridized carbons (Fsp3) is 0.158. The molecule has 2 N–H and O–H groups in total. The Kier molecular flexibility index (Phi) is 4.24. The molecule has 138 valence electrons. The minimum Gasteiger partial charge on any atom is -0.285 e. The predicted molar refractivity (Wildman–Crippen MR) is 111 cm³/mol. The monoisotopic (exact) mass is 398 g/mol. The number of nitrogens with zero attached hydrogens (tertiary/aromatic N) is 2. The van der Waals surface area contributed by atoms with E-state index >= 15 is 0 Å². The van der Waals surface area contributed by atoms with Gasteiger partial charge in [0.2, 0.25) is 10.0 Å². The number of rotatable bonds is 4. The highest BCUT2D eigenvalue weighted by atomic mass is 32.2. The number of thiophene rings is 1. The maximum atomic E-state index is 11.9. The van der Waals surface area contributed by atoms with Gasteiger partial charge < -0.3 is 0 Å². The van der Waals surface area contributed by atoms with Crippen molar-refractivity contribution in [1.29, 1.82) is 0 Å². The van der Waals surface area contributed by atoms with Crippen LogP contribution >= 0.6 is 11.3 Å². The number of hydrogen-bond acceptors (Lipinski definition) is 5. The number of aromatic amines is 1. The Labute approximate surface area is 161 Å². The van der Waals surface area contributed by atoms with E-state index in [1.165, 1.54) is 11.3 Å². The van der Waals surface area contributed by atoms with Gasteiger partial charge in [-0.1, -0.05) is 29.8 Å². The Balaban J connectivity index is 2.12. The molecule has 0 radical (unpaired) electrons. The van der Waals surface area contributed by atoms with Crippen molar-refractivity contribution in [3.63, 3.8) is 0 Å². The van der Waals surface area contributed by atoms with E-state index in [1.54, 1.807) is 12.3 Å². The molecule has 8 heteroatoms. The zero-order chi connectivity index (χ0) is 19.2. The van der Waals surface area contributed by atoms with Crippen LogP contribution in [-0.2, 0) is 10.0 Å². The van der Waals surface area contributed by atoms with Gasteiger partial charge in [0.25, 0.3) is 0 Å². The first kappa shape index (κ1) is 17.7. The highest BCUT2D eigenvalue weighted by Gasteiger charge is 2.21. The van der Waals surface area contributed by atoms with Crippen molar-refractivity contribution < 1.29 is 8.42 Å². The van der Waals surface area contributed by atoms with Gasteiger partial charge in [0.1, 0.15) is 4.83 Å². The largest absolute Gasteiger partial charge is 0.285 e. The average molecular weight is 399 g/mol. The van der Waals surface area contributed by atoms with Crippen LogP contribution in [0.2, 0.25) is 0 Å². The number of pyridine rings is 1. The molecule has 0 spiro atoms. The van der Waals surface area contributed by atoms with Gasteiger partial charge in [-0.05, 0) is 25.5 Å². The maximum Gasteiger partial charge on any atom is 0.229 e. The van der Waals surface area contributed by atoms with Crippen molar-refractivity contribution in [2.45, 2.75) is 13.8 Å². The second-order valence-corrected chi connectivity index (χ2v) is 9.28. The van der Waals surface area contributed by atoms with Crippen LogP contribution in [-0.4, -0.2) is 29.9 Å². The van der Waals surface area contributed by atoms with Gasteiger partial charge in [-0.25, -0.2) is 13.4 Å². The molecule has 0 saturated carbocycles. The topological polar surface area (TPSA) is 87.7 Å². The molecule has 0 aliphatic rings. The molecule has 6 nitrogen and oxygen atoms in total. The molecule has 4 rings (SSSR count). The van der Waals surface area contributed by atoms with Crippen LogP contribution in [0.4, 0.5) is 5.69 Å². The van der Waals surface area contributed by atoms with Crippen molar-refractivity contribution in [2.24, 2.45) is 0 Å². The minimum absolute atomic E-state index is 0.544. The molecular formula is C19H18N4O2S2. The van der Waals surface area contributed by atoms with Gasteiger partial charge in [0, 0.05) is 33.3 Å². The van der Waals surface area contributed by atoms with E-state index < -0.39 is 10.0 Å². The van der Waals surface area contributed by atoms with Crippen molar-refractivity contribution in [3.05, 3.63) is 54.0 Å². The molecule has 0 amide bonds. The number of aryl methyl sites for hydroxylation is 2.